The van der Waals surface area contributed by atoms with Gasteiger partial charge in [0, 0.05) is 6.07 Å². The number of aliphatic hydroxyl groups is 1. The van der Waals surface area contributed by atoms with Crippen LogP contribution >= 0.6 is 0 Å². The summed E-state index contributed by atoms with van der Waals surface area (Å²) in [7, 11) is 1.27. The van der Waals surface area contributed by atoms with Crippen molar-refractivity contribution in [1.82, 2.24) is 0 Å². The summed E-state index contributed by atoms with van der Waals surface area (Å²) in [6, 6.07) is 7.07. The number of benzene rings is 2. The lowest BCUT2D eigenvalue weighted by Gasteiger charge is -2.24. The predicted octanol–water partition coefficient (Wildman–Crippen LogP) is 4.33. The zero-order valence-electron chi connectivity index (χ0n) is 15.9. The quantitative estimate of drug-likeness (QED) is 0.379. The summed E-state index contributed by atoms with van der Waals surface area (Å²) < 4.78 is 52.6. The van der Waals surface area contributed by atoms with Gasteiger partial charge in [-0.1, -0.05) is 0 Å². The van der Waals surface area contributed by atoms with E-state index in [1.165, 1.54) is 31.6 Å². The Kier molecular flexibility index (Phi) is 5.02. The number of hydrogen-bond donors (Lipinski definition) is 1. The number of carbonyl (C=O) groups is 2. The standard InChI is InChI=1S/C22H14F3NO5/c1-30-16-7-5-11(23)9-13(16)20(27)18-19(17-3-2-8-31-17)26(22(29)21(18)28)15-10-12(24)4-6-14(15)25/h2-10,19,27H,1H3/b20-18-. The molecule has 1 unspecified atom stereocenters. The SMILES string of the molecule is COc1ccc(F)cc1/C(O)=C1/C(=O)C(=O)N(c2cc(F)ccc2F)C1c1ccco1. The van der Waals surface area contributed by atoms with E-state index in [4.69, 9.17) is 9.15 Å². The topological polar surface area (TPSA) is 80.0 Å². The van der Waals surface area contributed by atoms with Crippen molar-refractivity contribution in [3.63, 3.8) is 0 Å². The minimum absolute atomic E-state index is 0.000203. The lowest BCUT2D eigenvalue weighted by Crippen LogP contribution is -2.30. The van der Waals surface area contributed by atoms with E-state index in [2.05, 4.69) is 0 Å². The summed E-state index contributed by atoms with van der Waals surface area (Å²) in [5, 5.41) is 10.9. The van der Waals surface area contributed by atoms with Crippen LogP contribution in [0.4, 0.5) is 18.9 Å². The van der Waals surface area contributed by atoms with Gasteiger partial charge in [0.15, 0.2) is 0 Å². The van der Waals surface area contributed by atoms with Gasteiger partial charge >= 0.3 is 0 Å². The van der Waals surface area contributed by atoms with Crippen LogP contribution in [0.3, 0.4) is 0 Å². The first-order chi connectivity index (χ1) is 14.8. The molecule has 6 nitrogen and oxygen atoms in total. The lowest BCUT2D eigenvalue weighted by atomic mass is 9.98. The Morgan fingerprint density at radius 2 is 1.77 bits per heavy atom. The number of aliphatic hydroxyl groups excluding tert-OH is 1. The molecular weight excluding hydrogens is 415 g/mol. The Hall–Kier alpha value is -4.01. The monoisotopic (exact) mass is 429 g/mol. The zero-order chi connectivity index (χ0) is 22.3. The van der Waals surface area contributed by atoms with Crippen molar-refractivity contribution in [2.75, 3.05) is 12.0 Å². The predicted molar refractivity (Wildman–Crippen MR) is 103 cm³/mol. The summed E-state index contributed by atoms with van der Waals surface area (Å²) in [5.41, 5.74) is -1.21. The van der Waals surface area contributed by atoms with E-state index < -0.39 is 52.2 Å². The average molecular weight is 429 g/mol. The highest BCUT2D eigenvalue weighted by molar-refractivity contribution is 6.51. The molecule has 0 aliphatic carbocycles. The maximum Gasteiger partial charge on any atom is 0.300 e. The Morgan fingerprint density at radius 3 is 2.45 bits per heavy atom. The number of Topliss-reactive ketones (excluding diaryl/α,β-unsaturated/α-hetero) is 1. The van der Waals surface area contributed by atoms with Crippen LogP contribution in [0.1, 0.15) is 17.4 Å². The first-order valence-corrected chi connectivity index (χ1v) is 8.97. The number of anilines is 1. The third-order valence-electron chi connectivity index (χ3n) is 4.84. The fourth-order valence-electron chi connectivity index (χ4n) is 3.48. The van der Waals surface area contributed by atoms with Crippen molar-refractivity contribution >= 4 is 23.1 Å². The Morgan fingerprint density at radius 1 is 1.06 bits per heavy atom. The summed E-state index contributed by atoms with van der Waals surface area (Å²) in [4.78, 5) is 26.4. The van der Waals surface area contributed by atoms with Crippen LogP contribution in [0.25, 0.3) is 5.76 Å². The van der Waals surface area contributed by atoms with Gasteiger partial charge in [-0.05, 0) is 42.5 Å². The number of methoxy groups -OCH3 is 1. The number of amides is 1. The molecule has 1 aromatic heterocycles. The van der Waals surface area contributed by atoms with Crippen LogP contribution in [-0.4, -0.2) is 23.9 Å². The molecule has 31 heavy (non-hydrogen) atoms. The van der Waals surface area contributed by atoms with Gasteiger partial charge in [0.2, 0.25) is 0 Å². The molecule has 0 saturated carbocycles. The van der Waals surface area contributed by atoms with Crippen molar-refractivity contribution in [3.8, 4) is 5.75 Å². The van der Waals surface area contributed by atoms with E-state index in [1.807, 2.05) is 0 Å². The van der Waals surface area contributed by atoms with Gasteiger partial charge in [-0.3, -0.25) is 14.5 Å². The molecule has 2 aromatic carbocycles. The van der Waals surface area contributed by atoms with E-state index in [1.54, 1.807) is 0 Å². The van der Waals surface area contributed by atoms with Crippen molar-refractivity contribution in [3.05, 3.63) is 89.1 Å². The van der Waals surface area contributed by atoms with Gasteiger partial charge in [0.05, 0.1) is 30.2 Å². The number of ether oxygens (including phenoxy) is 1. The number of halogens is 3. The highest BCUT2D eigenvalue weighted by atomic mass is 19.1. The van der Waals surface area contributed by atoms with Gasteiger partial charge < -0.3 is 14.3 Å². The number of hydrogen-bond acceptors (Lipinski definition) is 5. The molecule has 0 spiro atoms. The number of rotatable bonds is 4. The molecule has 0 radical (unpaired) electrons. The molecule has 1 fully saturated rings. The van der Waals surface area contributed by atoms with Crippen molar-refractivity contribution in [1.29, 1.82) is 0 Å². The second-order valence-corrected chi connectivity index (χ2v) is 6.62. The van der Waals surface area contributed by atoms with Crippen LogP contribution in [0, 0.1) is 17.5 Å². The van der Waals surface area contributed by atoms with Crippen LogP contribution in [0.5, 0.6) is 5.75 Å². The van der Waals surface area contributed by atoms with E-state index in [-0.39, 0.29) is 17.1 Å². The highest BCUT2D eigenvalue weighted by Gasteiger charge is 2.49. The molecule has 4 rings (SSSR count). The van der Waals surface area contributed by atoms with Gasteiger partial charge in [0.25, 0.3) is 11.7 Å². The molecule has 1 amide bonds. The van der Waals surface area contributed by atoms with E-state index in [0.29, 0.717) is 4.90 Å². The van der Waals surface area contributed by atoms with Crippen molar-refractivity contribution in [2.24, 2.45) is 0 Å². The molecule has 1 atom stereocenters. The maximum absolute atomic E-state index is 14.5. The number of nitrogens with zero attached hydrogens (tertiary/aromatic N) is 1. The Labute approximate surface area is 173 Å². The van der Waals surface area contributed by atoms with Crippen molar-refractivity contribution < 1.29 is 37.0 Å². The van der Waals surface area contributed by atoms with Crippen LogP contribution in [0.2, 0.25) is 0 Å². The van der Waals surface area contributed by atoms with Gasteiger partial charge in [-0.25, -0.2) is 13.2 Å². The molecule has 1 N–H and O–H groups in total. The Balaban J connectivity index is 1.99. The molecular formula is C22H14F3NO5. The van der Waals surface area contributed by atoms with E-state index in [0.717, 1.165) is 30.3 Å². The summed E-state index contributed by atoms with van der Waals surface area (Å²) >= 11 is 0. The minimum Gasteiger partial charge on any atom is -0.507 e. The van der Waals surface area contributed by atoms with E-state index >= 15 is 0 Å². The molecule has 158 valence electrons. The highest BCUT2D eigenvalue weighted by Crippen LogP contribution is 2.44. The van der Waals surface area contributed by atoms with Crippen LogP contribution in [-0.2, 0) is 9.59 Å². The summed E-state index contributed by atoms with van der Waals surface area (Å²) in [5.74, 6) is -5.68. The van der Waals surface area contributed by atoms with Gasteiger partial charge in [0.1, 0.15) is 40.8 Å². The number of furan rings is 1. The number of carbonyl (C=O) groups excluding carboxylic acids is 2. The van der Waals surface area contributed by atoms with Crippen LogP contribution < -0.4 is 9.64 Å². The summed E-state index contributed by atoms with van der Waals surface area (Å²) in [6.07, 6.45) is 1.25. The normalized spacial score (nSPS) is 17.9. The maximum atomic E-state index is 14.5. The first-order valence-electron chi connectivity index (χ1n) is 8.97. The second kappa shape index (κ2) is 7.67. The molecule has 9 heteroatoms. The number of ketones is 1. The Bertz CT molecular complexity index is 1220. The smallest absolute Gasteiger partial charge is 0.300 e. The lowest BCUT2D eigenvalue weighted by molar-refractivity contribution is -0.132. The van der Waals surface area contributed by atoms with Gasteiger partial charge in [-0.15, -0.1) is 0 Å². The fraction of sp³-hybridized carbons (Fsp3) is 0.0909. The first kappa shape index (κ1) is 20.3. The van der Waals surface area contributed by atoms with Crippen LogP contribution in [0.15, 0.2) is 64.8 Å². The van der Waals surface area contributed by atoms with E-state index in [9.17, 15) is 27.9 Å². The molecule has 1 aliphatic rings. The largest absolute Gasteiger partial charge is 0.507 e. The fourth-order valence-corrected chi connectivity index (χ4v) is 3.48. The molecule has 1 aliphatic heterocycles. The third-order valence-corrected chi connectivity index (χ3v) is 4.84. The molecule has 2 heterocycles. The molecule has 3 aromatic rings. The zero-order valence-corrected chi connectivity index (χ0v) is 15.9. The minimum atomic E-state index is -1.43. The summed E-state index contributed by atoms with van der Waals surface area (Å²) in [6.45, 7) is 0. The third kappa shape index (κ3) is 3.33. The molecule has 1 saturated heterocycles. The second-order valence-electron chi connectivity index (χ2n) is 6.62. The van der Waals surface area contributed by atoms with Crippen molar-refractivity contribution in [2.45, 2.75) is 6.04 Å². The average Bonchev–Trinajstić information content (AvgIpc) is 3.36. The van der Waals surface area contributed by atoms with Gasteiger partial charge in [-0.2, -0.15) is 0 Å². The molecule has 0 bridgehead atoms.